The van der Waals surface area contributed by atoms with Gasteiger partial charge in [-0.05, 0) is 88.2 Å². The molecule has 4 N–H and O–H groups in total. The second-order valence-electron chi connectivity index (χ2n) is 11.4. The van der Waals surface area contributed by atoms with Crippen LogP contribution < -0.4 is 20.7 Å². The number of aromatic amines is 1. The number of benzene rings is 3. The molecule has 10 nitrogen and oxygen atoms in total. The van der Waals surface area contributed by atoms with E-state index in [-0.39, 0.29) is 22.4 Å². The quantitative estimate of drug-likeness (QED) is 0.214. The zero-order valence-electron chi connectivity index (χ0n) is 24.1. The summed E-state index contributed by atoms with van der Waals surface area (Å²) in [5, 5.41) is 16.9. The van der Waals surface area contributed by atoms with Gasteiger partial charge in [0.2, 0.25) is 9.84 Å². The van der Waals surface area contributed by atoms with Crippen molar-refractivity contribution in [3.63, 3.8) is 0 Å². The van der Waals surface area contributed by atoms with Crippen LogP contribution in [0.5, 0.6) is 5.75 Å². The highest BCUT2D eigenvalue weighted by atomic mass is 32.2. The van der Waals surface area contributed by atoms with Crippen LogP contribution in [-0.4, -0.2) is 62.5 Å². The van der Waals surface area contributed by atoms with Crippen LogP contribution in [0.3, 0.4) is 0 Å². The van der Waals surface area contributed by atoms with Crippen LogP contribution in [0, 0.1) is 11.6 Å². The van der Waals surface area contributed by atoms with Crippen LogP contribution >= 0.6 is 0 Å². The third-order valence-corrected chi connectivity index (χ3v) is 9.80. The number of fused-ring (bicyclic) bond motifs is 1. The van der Waals surface area contributed by atoms with Crippen LogP contribution in [0.1, 0.15) is 43.0 Å². The van der Waals surface area contributed by atoms with Gasteiger partial charge in [-0.3, -0.25) is 9.89 Å². The minimum Gasteiger partial charge on any atom is -0.487 e. The number of hydrogen-bond acceptors (Lipinski definition) is 8. The lowest BCUT2D eigenvalue weighted by Crippen LogP contribution is -2.43. The Morgan fingerprint density at radius 1 is 1.00 bits per heavy atom. The fourth-order valence-corrected chi connectivity index (χ4v) is 6.89. The molecule has 4 aromatic rings. The highest BCUT2D eigenvalue weighted by molar-refractivity contribution is 7.91. The molecule has 3 heterocycles. The maximum atomic E-state index is 13.8. The Balaban J connectivity index is 1.29. The molecule has 0 bridgehead atoms. The summed E-state index contributed by atoms with van der Waals surface area (Å²) in [6.07, 6.45) is 3.28. The molecule has 2 fully saturated rings. The number of carbonyl (C=O) groups excluding carboxylic acids is 1. The van der Waals surface area contributed by atoms with Gasteiger partial charge < -0.3 is 25.4 Å². The number of carbonyl (C=O) groups is 1. The van der Waals surface area contributed by atoms with Gasteiger partial charge in [-0.1, -0.05) is 0 Å². The van der Waals surface area contributed by atoms with E-state index in [0.717, 1.165) is 50.9 Å². The molecule has 13 heteroatoms. The molecule has 6 rings (SSSR count). The summed E-state index contributed by atoms with van der Waals surface area (Å²) in [6.45, 7) is 5.05. The standard InChI is InChI=1S/C31H33F2N5O5S/c1-31(8-10-34-11-9-31)43-22-2-4-25(28(17-22)35-21-6-12-42-13-7-21)30(39)36-29-26-18-23(3-5-27(26)37-38-29)44(40,41)24-15-19(32)14-20(33)16-24/h2-5,14-18,21,34-35H,6-13H2,1H3,(H2,36,37,38,39). The third-order valence-electron chi connectivity index (χ3n) is 8.06. The molecule has 0 aliphatic carbocycles. The number of ether oxygens (including phenoxy) is 2. The van der Waals surface area contributed by atoms with Crippen molar-refractivity contribution in [3.05, 3.63) is 71.8 Å². The highest BCUT2D eigenvalue weighted by Gasteiger charge is 2.29. The number of hydrogen-bond donors (Lipinski definition) is 4. The first-order valence-corrected chi connectivity index (χ1v) is 16.0. The first kappa shape index (κ1) is 30.0. The smallest absolute Gasteiger partial charge is 0.258 e. The van der Waals surface area contributed by atoms with Gasteiger partial charge in [-0.15, -0.1) is 0 Å². The van der Waals surface area contributed by atoms with Crippen molar-refractivity contribution in [2.24, 2.45) is 0 Å². The van der Waals surface area contributed by atoms with Crippen molar-refractivity contribution in [2.45, 2.75) is 54.0 Å². The number of aromatic nitrogens is 2. The minimum absolute atomic E-state index is 0.103. The van der Waals surface area contributed by atoms with Gasteiger partial charge in [0.25, 0.3) is 5.91 Å². The molecule has 232 valence electrons. The molecule has 0 radical (unpaired) electrons. The Hall–Kier alpha value is -4.07. The zero-order valence-corrected chi connectivity index (χ0v) is 24.9. The lowest BCUT2D eigenvalue weighted by atomic mass is 9.94. The van der Waals surface area contributed by atoms with Gasteiger partial charge in [0.05, 0.1) is 26.6 Å². The third kappa shape index (κ3) is 6.40. The molecule has 0 atom stereocenters. The SMILES string of the molecule is CC1(Oc2ccc(C(=O)Nc3n[nH]c4ccc(S(=O)(=O)c5cc(F)cc(F)c5)cc34)c(NC3CCOCC3)c2)CCNCC1. The molecule has 3 aromatic carbocycles. The summed E-state index contributed by atoms with van der Waals surface area (Å²) in [5.74, 6) is -1.73. The Labute approximate surface area is 253 Å². The fourth-order valence-electron chi connectivity index (χ4n) is 5.56. The molecule has 2 aliphatic heterocycles. The number of piperidine rings is 1. The van der Waals surface area contributed by atoms with Gasteiger partial charge >= 0.3 is 0 Å². The van der Waals surface area contributed by atoms with Crippen molar-refractivity contribution in [3.8, 4) is 5.75 Å². The van der Waals surface area contributed by atoms with Gasteiger partial charge in [-0.25, -0.2) is 17.2 Å². The molecule has 1 aromatic heterocycles. The van der Waals surface area contributed by atoms with Gasteiger partial charge in [0, 0.05) is 36.8 Å². The number of sulfone groups is 1. The molecular formula is C31H33F2N5O5S. The predicted molar refractivity (Wildman–Crippen MR) is 161 cm³/mol. The second kappa shape index (κ2) is 12.1. The van der Waals surface area contributed by atoms with E-state index >= 15 is 0 Å². The highest BCUT2D eigenvalue weighted by Crippen LogP contribution is 2.32. The van der Waals surface area contributed by atoms with E-state index in [0.29, 0.717) is 47.2 Å². The summed E-state index contributed by atoms with van der Waals surface area (Å²) < 4.78 is 65.9. The number of anilines is 2. The summed E-state index contributed by atoms with van der Waals surface area (Å²) in [5.41, 5.74) is 1.09. The summed E-state index contributed by atoms with van der Waals surface area (Å²) in [6, 6.07) is 11.6. The molecule has 2 saturated heterocycles. The van der Waals surface area contributed by atoms with Crippen LogP contribution in [-0.2, 0) is 14.6 Å². The Morgan fingerprint density at radius 3 is 2.45 bits per heavy atom. The van der Waals surface area contributed by atoms with Crippen LogP contribution in [0.25, 0.3) is 10.9 Å². The van der Waals surface area contributed by atoms with Crippen LogP contribution in [0.4, 0.5) is 20.3 Å². The first-order valence-electron chi connectivity index (χ1n) is 14.5. The number of amides is 1. The van der Waals surface area contributed by atoms with E-state index in [1.807, 2.05) is 6.07 Å². The minimum atomic E-state index is -4.27. The Kier molecular flexibility index (Phi) is 8.27. The fraction of sp³-hybridized carbons (Fsp3) is 0.355. The lowest BCUT2D eigenvalue weighted by molar-refractivity contribution is 0.0556. The Bertz CT molecular complexity index is 1780. The van der Waals surface area contributed by atoms with E-state index in [2.05, 4.69) is 33.1 Å². The van der Waals surface area contributed by atoms with Crippen LogP contribution in [0.2, 0.25) is 0 Å². The number of rotatable bonds is 8. The molecule has 44 heavy (non-hydrogen) atoms. The monoisotopic (exact) mass is 625 g/mol. The maximum absolute atomic E-state index is 13.8. The summed E-state index contributed by atoms with van der Waals surface area (Å²) >= 11 is 0. The number of H-pyrrole nitrogens is 1. The predicted octanol–water partition coefficient (Wildman–Crippen LogP) is 5.04. The van der Waals surface area contributed by atoms with Crippen molar-refractivity contribution < 1.29 is 31.5 Å². The first-order chi connectivity index (χ1) is 21.1. The molecule has 2 aliphatic rings. The normalized spacial score (nSPS) is 17.3. The van der Waals surface area contributed by atoms with Crippen molar-refractivity contribution >= 4 is 38.2 Å². The van der Waals surface area contributed by atoms with Crippen molar-refractivity contribution in [1.82, 2.24) is 15.5 Å². The topological polar surface area (TPSA) is 134 Å². The number of nitrogens with zero attached hydrogens (tertiary/aromatic N) is 1. The average Bonchev–Trinajstić information content (AvgIpc) is 3.39. The zero-order chi connectivity index (χ0) is 30.9. The van der Waals surface area contributed by atoms with E-state index in [1.165, 1.54) is 18.2 Å². The van der Waals surface area contributed by atoms with Gasteiger partial charge in [0.15, 0.2) is 5.82 Å². The van der Waals surface area contributed by atoms with Gasteiger partial charge in [-0.2, -0.15) is 5.10 Å². The van der Waals surface area contributed by atoms with E-state index < -0.39 is 32.3 Å². The Morgan fingerprint density at radius 2 is 1.73 bits per heavy atom. The lowest BCUT2D eigenvalue weighted by Gasteiger charge is -2.35. The summed E-state index contributed by atoms with van der Waals surface area (Å²) in [4.78, 5) is 13.0. The number of nitrogens with one attached hydrogen (secondary N) is 4. The van der Waals surface area contributed by atoms with Crippen LogP contribution in [0.15, 0.2) is 64.4 Å². The molecular weight excluding hydrogens is 592 g/mol. The van der Waals surface area contributed by atoms with Crippen molar-refractivity contribution in [2.75, 3.05) is 36.9 Å². The largest absolute Gasteiger partial charge is 0.487 e. The van der Waals surface area contributed by atoms with E-state index in [4.69, 9.17) is 9.47 Å². The van der Waals surface area contributed by atoms with Crippen molar-refractivity contribution in [1.29, 1.82) is 0 Å². The molecule has 1 amide bonds. The van der Waals surface area contributed by atoms with E-state index in [9.17, 15) is 22.0 Å². The van der Waals surface area contributed by atoms with Gasteiger partial charge in [0.1, 0.15) is 23.0 Å². The van der Waals surface area contributed by atoms with E-state index in [1.54, 1.807) is 12.1 Å². The second-order valence-corrected chi connectivity index (χ2v) is 13.3. The molecule has 0 unspecified atom stereocenters. The summed E-state index contributed by atoms with van der Waals surface area (Å²) in [7, 11) is -4.27. The molecule has 0 spiro atoms. The molecule has 0 saturated carbocycles. The number of halogens is 2. The average molecular weight is 626 g/mol. The maximum Gasteiger partial charge on any atom is 0.258 e.